The summed E-state index contributed by atoms with van der Waals surface area (Å²) in [6.45, 7) is 11.5. The Bertz CT molecular complexity index is 1430. The van der Waals surface area contributed by atoms with E-state index >= 15 is 0 Å². The van der Waals surface area contributed by atoms with Gasteiger partial charge in [0.05, 0.1) is 11.9 Å². The summed E-state index contributed by atoms with van der Waals surface area (Å²) in [4.78, 5) is 29.5. The minimum atomic E-state index is -3.81. The van der Waals surface area contributed by atoms with Gasteiger partial charge in [-0.25, -0.2) is 8.42 Å². The molecular weight excluding hydrogens is 534 g/mol. The summed E-state index contributed by atoms with van der Waals surface area (Å²) in [5, 5.41) is 3.04. The van der Waals surface area contributed by atoms with Gasteiger partial charge in [0.1, 0.15) is 12.6 Å². The summed E-state index contributed by atoms with van der Waals surface area (Å²) in [5.74, 6) is -0.480. The summed E-state index contributed by atoms with van der Waals surface area (Å²) < 4.78 is 27.1. The zero-order chi connectivity index (χ0) is 30.4. The Labute approximate surface area is 245 Å². The fourth-order valence-corrected chi connectivity index (χ4v) is 5.50. The van der Waals surface area contributed by atoms with Crippen molar-refractivity contribution in [3.8, 4) is 0 Å². The van der Waals surface area contributed by atoms with E-state index in [0.717, 1.165) is 32.8 Å². The van der Waals surface area contributed by atoms with Gasteiger partial charge >= 0.3 is 0 Å². The van der Waals surface area contributed by atoms with Crippen LogP contribution in [0.4, 0.5) is 5.69 Å². The van der Waals surface area contributed by atoms with Crippen LogP contribution in [-0.4, -0.2) is 49.5 Å². The van der Waals surface area contributed by atoms with Crippen molar-refractivity contribution in [2.24, 2.45) is 0 Å². The number of rotatable bonds is 11. The Kier molecular flexibility index (Phi) is 10.4. The van der Waals surface area contributed by atoms with E-state index in [9.17, 15) is 18.0 Å². The predicted octanol–water partition coefficient (Wildman–Crippen LogP) is 5.44. The van der Waals surface area contributed by atoms with Crippen LogP contribution in [0.2, 0.25) is 0 Å². The van der Waals surface area contributed by atoms with Gasteiger partial charge in [-0.15, -0.1) is 0 Å². The lowest BCUT2D eigenvalue weighted by Gasteiger charge is -2.35. The van der Waals surface area contributed by atoms with Crippen molar-refractivity contribution < 1.29 is 18.0 Å². The molecule has 3 rings (SSSR count). The first-order valence-electron chi connectivity index (χ1n) is 13.9. The molecule has 0 saturated carbocycles. The quantitative estimate of drug-likeness (QED) is 0.329. The second-order valence-electron chi connectivity index (χ2n) is 12.0. The van der Waals surface area contributed by atoms with Crippen molar-refractivity contribution in [3.63, 3.8) is 0 Å². The number of nitrogens with zero attached hydrogens (tertiary/aromatic N) is 2. The van der Waals surface area contributed by atoms with Crippen LogP contribution < -0.4 is 9.62 Å². The van der Waals surface area contributed by atoms with Crippen molar-refractivity contribution in [2.45, 2.75) is 72.0 Å². The number of carbonyl (C=O) groups excluding carboxylic acids is 2. The zero-order valence-corrected chi connectivity index (χ0v) is 26.0. The maximum Gasteiger partial charge on any atom is 0.244 e. The molecule has 0 radical (unpaired) electrons. The van der Waals surface area contributed by atoms with E-state index in [1.807, 2.05) is 94.4 Å². The standard InChI is InChI=1S/C33H43N3O4S/c1-24(2)28-16-18-29(19-17-28)36(41(7,39)40)23-31(37)35(22-27-15-11-12-25(3)20-27)30(32(38)34-33(4,5)6)21-26-13-9-8-10-14-26/h8-20,24,30H,21-23H2,1-7H3,(H,34,38)/t30-/m1/s1. The third-order valence-electron chi connectivity index (χ3n) is 6.73. The molecule has 220 valence electrons. The van der Waals surface area contributed by atoms with Gasteiger partial charge < -0.3 is 10.2 Å². The average molecular weight is 578 g/mol. The van der Waals surface area contributed by atoms with Crippen molar-refractivity contribution >= 4 is 27.5 Å². The molecule has 0 heterocycles. The average Bonchev–Trinajstić information content (AvgIpc) is 2.88. The summed E-state index contributed by atoms with van der Waals surface area (Å²) >= 11 is 0. The second-order valence-corrected chi connectivity index (χ2v) is 13.9. The molecule has 0 fully saturated rings. The Hall–Kier alpha value is -3.65. The van der Waals surface area contributed by atoms with Crippen molar-refractivity contribution in [1.29, 1.82) is 0 Å². The van der Waals surface area contributed by atoms with E-state index in [1.165, 1.54) is 4.90 Å². The lowest BCUT2D eigenvalue weighted by molar-refractivity contribution is -0.140. The van der Waals surface area contributed by atoms with Crippen molar-refractivity contribution in [3.05, 3.63) is 101 Å². The summed E-state index contributed by atoms with van der Waals surface area (Å²) in [5.41, 5.74) is 3.72. The summed E-state index contributed by atoms with van der Waals surface area (Å²) in [6.07, 6.45) is 1.37. The van der Waals surface area contributed by atoms with Gasteiger partial charge in [0.25, 0.3) is 0 Å². The topological polar surface area (TPSA) is 86.8 Å². The lowest BCUT2D eigenvalue weighted by atomic mass is 10.0. The van der Waals surface area contributed by atoms with Crippen LogP contribution in [-0.2, 0) is 32.6 Å². The molecule has 41 heavy (non-hydrogen) atoms. The van der Waals surface area contributed by atoms with Crippen LogP contribution >= 0.6 is 0 Å². The van der Waals surface area contributed by atoms with Gasteiger partial charge in [0.15, 0.2) is 0 Å². The molecule has 3 aromatic carbocycles. The highest BCUT2D eigenvalue weighted by atomic mass is 32.2. The number of nitrogens with one attached hydrogen (secondary N) is 1. The number of anilines is 1. The molecule has 3 aromatic rings. The number of carbonyl (C=O) groups is 2. The van der Waals surface area contributed by atoms with E-state index in [0.29, 0.717) is 5.69 Å². The molecule has 1 atom stereocenters. The van der Waals surface area contributed by atoms with Crippen LogP contribution in [0, 0.1) is 6.92 Å². The highest BCUT2D eigenvalue weighted by molar-refractivity contribution is 7.92. The van der Waals surface area contributed by atoms with Gasteiger partial charge in [-0.2, -0.15) is 0 Å². The second kappa shape index (κ2) is 13.3. The summed E-state index contributed by atoms with van der Waals surface area (Å²) in [7, 11) is -3.81. The Morgan fingerprint density at radius 2 is 1.49 bits per heavy atom. The maximum atomic E-state index is 14.2. The first kappa shape index (κ1) is 31.9. The molecule has 8 heteroatoms. The Balaban J connectivity index is 2.06. The predicted molar refractivity (Wildman–Crippen MR) is 166 cm³/mol. The van der Waals surface area contributed by atoms with E-state index in [-0.39, 0.29) is 24.8 Å². The fourth-order valence-electron chi connectivity index (χ4n) is 4.65. The van der Waals surface area contributed by atoms with Crippen LogP contribution in [0.1, 0.15) is 62.8 Å². The number of hydrogen-bond acceptors (Lipinski definition) is 4. The molecule has 0 aliphatic carbocycles. The highest BCUT2D eigenvalue weighted by Gasteiger charge is 2.34. The van der Waals surface area contributed by atoms with Crippen LogP contribution in [0.25, 0.3) is 0 Å². The fraction of sp³-hybridized carbons (Fsp3) is 0.394. The van der Waals surface area contributed by atoms with Gasteiger partial charge in [0.2, 0.25) is 21.8 Å². The van der Waals surface area contributed by atoms with E-state index in [1.54, 1.807) is 12.1 Å². The molecule has 7 nitrogen and oxygen atoms in total. The molecule has 0 aliphatic heterocycles. The minimum Gasteiger partial charge on any atom is -0.350 e. The van der Waals surface area contributed by atoms with E-state index in [2.05, 4.69) is 19.2 Å². The molecule has 2 amide bonds. The van der Waals surface area contributed by atoms with Crippen molar-refractivity contribution in [2.75, 3.05) is 17.1 Å². The van der Waals surface area contributed by atoms with Gasteiger partial charge in [-0.1, -0.05) is 86.1 Å². The lowest BCUT2D eigenvalue weighted by Crippen LogP contribution is -2.56. The summed E-state index contributed by atoms with van der Waals surface area (Å²) in [6, 6.07) is 23.6. The Morgan fingerprint density at radius 3 is 2.02 bits per heavy atom. The molecule has 0 aliphatic rings. The molecule has 0 bridgehead atoms. The number of benzene rings is 3. The van der Waals surface area contributed by atoms with Crippen LogP contribution in [0.5, 0.6) is 0 Å². The maximum absolute atomic E-state index is 14.2. The van der Waals surface area contributed by atoms with Crippen LogP contribution in [0.3, 0.4) is 0 Å². The normalized spacial score (nSPS) is 12.6. The molecular formula is C33H43N3O4S. The third kappa shape index (κ3) is 9.46. The van der Waals surface area contributed by atoms with Gasteiger partial charge in [-0.3, -0.25) is 13.9 Å². The molecule has 0 saturated heterocycles. The number of sulfonamides is 1. The third-order valence-corrected chi connectivity index (χ3v) is 7.87. The van der Waals surface area contributed by atoms with E-state index < -0.39 is 34.1 Å². The zero-order valence-electron chi connectivity index (χ0n) is 25.2. The number of hydrogen-bond donors (Lipinski definition) is 1. The first-order chi connectivity index (χ1) is 19.1. The first-order valence-corrected chi connectivity index (χ1v) is 15.8. The minimum absolute atomic E-state index is 0.152. The van der Waals surface area contributed by atoms with Crippen molar-refractivity contribution in [1.82, 2.24) is 10.2 Å². The number of amides is 2. The molecule has 0 aromatic heterocycles. The van der Waals surface area contributed by atoms with Gasteiger partial charge in [0, 0.05) is 18.5 Å². The monoisotopic (exact) mass is 577 g/mol. The largest absolute Gasteiger partial charge is 0.350 e. The Morgan fingerprint density at radius 1 is 0.878 bits per heavy atom. The smallest absolute Gasteiger partial charge is 0.244 e. The SMILES string of the molecule is Cc1cccc(CN(C(=O)CN(c2ccc(C(C)C)cc2)S(C)(=O)=O)[C@H](Cc2ccccc2)C(=O)NC(C)(C)C)c1. The highest BCUT2D eigenvalue weighted by Crippen LogP contribution is 2.23. The van der Waals surface area contributed by atoms with E-state index in [4.69, 9.17) is 0 Å². The van der Waals surface area contributed by atoms with Crippen LogP contribution in [0.15, 0.2) is 78.9 Å². The molecule has 0 unspecified atom stereocenters. The number of aryl methyl sites for hydroxylation is 1. The van der Waals surface area contributed by atoms with Gasteiger partial charge in [-0.05, 0) is 62.4 Å². The molecule has 0 spiro atoms. The molecule has 1 N–H and O–H groups in total.